The van der Waals surface area contributed by atoms with Crippen LogP contribution in [-0.4, -0.2) is 25.3 Å². The van der Waals surface area contributed by atoms with Gasteiger partial charge in [-0.25, -0.2) is 8.42 Å². The number of anilines is 1. The van der Waals surface area contributed by atoms with E-state index in [1.807, 2.05) is 60.7 Å². The molecule has 7 heteroatoms. The lowest BCUT2D eigenvalue weighted by molar-refractivity contribution is 0.202. The fraction of sp³-hybridized carbons (Fsp3) is 0.217. The van der Waals surface area contributed by atoms with Crippen LogP contribution in [0.1, 0.15) is 22.8 Å². The number of thiol groups is 1. The lowest BCUT2D eigenvalue weighted by atomic mass is 10.1. The maximum absolute atomic E-state index is 11.6. The van der Waals surface area contributed by atoms with E-state index in [4.69, 9.17) is 16.3 Å². The van der Waals surface area contributed by atoms with Gasteiger partial charge >= 0.3 is 0 Å². The monoisotopic (exact) mass is 445 g/mol. The molecular formula is C23H24ClNO4S. The molecule has 0 saturated heterocycles. The Hall–Kier alpha value is -2.54. The number of aliphatic hydroxyl groups excluding tert-OH is 1. The highest BCUT2D eigenvalue weighted by Crippen LogP contribution is 2.33. The van der Waals surface area contributed by atoms with E-state index in [9.17, 15) is 13.5 Å². The minimum atomic E-state index is -2.67. The average Bonchev–Trinajstić information content (AvgIpc) is 2.77. The van der Waals surface area contributed by atoms with Crippen LogP contribution in [0.3, 0.4) is 0 Å². The number of aliphatic hydroxyl groups is 1. The van der Waals surface area contributed by atoms with Crippen molar-refractivity contribution in [2.24, 2.45) is 0 Å². The Bertz CT molecular complexity index is 1000. The van der Waals surface area contributed by atoms with Gasteiger partial charge in [0.05, 0.1) is 17.7 Å². The van der Waals surface area contributed by atoms with Crippen molar-refractivity contribution < 1.29 is 18.3 Å². The smallest absolute Gasteiger partial charge is 0.158 e. The van der Waals surface area contributed by atoms with Crippen LogP contribution < -0.4 is 9.64 Å². The van der Waals surface area contributed by atoms with Crippen LogP contribution in [0.25, 0.3) is 0 Å². The van der Waals surface area contributed by atoms with Crippen LogP contribution in [0.15, 0.2) is 78.9 Å². The number of ether oxygens (including phenoxy) is 1. The van der Waals surface area contributed by atoms with E-state index in [1.165, 1.54) is 0 Å². The Labute approximate surface area is 183 Å². The molecule has 30 heavy (non-hydrogen) atoms. The number of hydrogen-bond donors (Lipinski definition) is 2. The summed E-state index contributed by atoms with van der Waals surface area (Å²) in [6, 6.07) is 24.6. The zero-order chi connectivity index (χ0) is 21.3. The van der Waals surface area contributed by atoms with Crippen LogP contribution in [0.2, 0.25) is 0 Å². The first-order valence-corrected chi connectivity index (χ1v) is 11.4. The first-order chi connectivity index (χ1) is 14.6. The van der Waals surface area contributed by atoms with Crippen molar-refractivity contribution in [1.29, 1.82) is 0 Å². The van der Waals surface area contributed by atoms with Gasteiger partial charge in [-0.1, -0.05) is 66.7 Å². The van der Waals surface area contributed by atoms with Crippen molar-refractivity contribution in [3.63, 3.8) is 0 Å². The molecule has 5 nitrogen and oxygen atoms in total. The van der Waals surface area contributed by atoms with E-state index < -0.39 is 16.8 Å². The lowest BCUT2D eigenvalue weighted by Gasteiger charge is -2.26. The second kappa shape index (κ2) is 11.0. The molecule has 3 aromatic rings. The molecule has 0 heterocycles. The maximum atomic E-state index is 11.6. The molecule has 158 valence electrons. The second-order valence-corrected chi connectivity index (χ2v) is 8.09. The van der Waals surface area contributed by atoms with Gasteiger partial charge in [-0.3, -0.25) is 0 Å². The Balaban J connectivity index is 1.96. The van der Waals surface area contributed by atoms with Crippen molar-refractivity contribution in [1.82, 2.24) is 0 Å². The lowest BCUT2D eigenvalue weighted by Crippen LogP contribution is -2.25. The van der Waals surface area contributed by atoms with Gasteiger partial charge in [0.25, 0.3) is 0 Å². The summed E-state index contributed by atoms with van der Waals surface area (Å²) < 4.78 is 29.3. The molecular weight excluding hydrogens is 422 g/mol. The molecule has 0 saturated carbocycles. The number of alkyl halides is 1. The largest absolute Gasteiger partial charge is 0.487 e. The van der Waals surface area contributed by atoms with Gasteiger partial charge < -0.3 is 14.7 Å². The molecule has 0 aliphatic carbocycles. The molecule has 3 aromatic carbocycles. The maximum Gasteiger partial charge on any atom is 0.158 e. The van der Waals surface area contributed by atoms with E-state index in [0.717, 1.165) is 11.1 Å². The van der Waals surface area contributed by atoms with Crippen LogP contribution in [0.4, 0.5) is 5.69 Å². The van der Waals surface area contributed by atoms with Gasteiger partial charge in [0.1, 0.15) is 18.2 Å². The summed E-state index contributed by atoms with van der Waals surface area (Å²) in [5, 5.41) is 10.2. The predicted molar refractivity (Wildman–Crippen MR) is 121 cm³/mol. The number of halogens is 1. The van der Waals surface area contributed by atoms with Crippen LogP contribution in [0.5, 0.6) is 5.75 Å². The van der Waals surface area contributed by atoms with Crippen molar-refractivity contribution >= 4 is 28.0 Å². The second-order valence-electron chi connectivity index (χ2n) is 6.83. The Morgan fingerprint density at radius 1 is 0.933 bits per heavy atom. The fourth-order valence-corrected chi connectivity index (χ4v) is 3.80. The first-order valence-electron chi connectivity index (χ1n) is 9.52. The highest BCUT2D eigenvalue weighted by Gasteiger charge is 2.18. The Morgan fingerprint density at radius 3 is 2.17 bits per heavy atom. The van der Waals surface area contributed by atoms with Crippen molar-refractivity contribution in [2.45, 2.75) is 19.3 Å². The fourth-order valence-electron chi connectivity index (χ4n) is 3.09. The standard InChI is InChI=1S/C23H24ClNO4S/c24-14-22(26)20-11-12-23(29-16-19-9-5-2-6-10-19)21(13-20)25(17-30(27)28)15-18-7-3-1-4-8-18/h1-13,22,26,30H,14-17H2. The summed E-state index contributed by atoms with van der Waals surface area (Å²) in [5.41, 5.74) is 3.16. The van der Waals surface area contributed by atoms with Crippen LogP contribution in [-0.2, 0) is 23.9 Å². The van der Waals surface area contributed by atoms with Gasteiger partial charge in [0.2, 0.25) is 0 Å². The zero-order valence-corrected chi connectivity index (χ0v) is 18.0. The molecule has 0 bridgehead atoms. The van der Waals surface area contributed by atoms with Gasteiger partial charge in [-0.15, -0.1) is 11.6 Å². The van der Waals surface area contributed by atoms with Gasteiger partial charge in [0, 0.05) is 6.54 Å². The Kier molecular flexibility index (Phi) is 8.13. The molecule has 0 radical (unpaired) electrons. The molecule has 0 aliphatic heterocycles. The molecule has 0 spiro atoms. The Morgan fingerprint density at radius 2 is 1.57 bits per heavy atom. The minimum absolute atomic E-state index is 0.0398. The van der Waals surface area contributed by atoms with Crippen molar-refractivity contribution in [3.8, 4) is 5.75 Å². The molecule has 0 amide bonds. The van der Waals surface area contributed by atoms with E-state index in [1.54, 1.807) is 23.1 Å². The van der Waals surface area contributed by atoms with E-state index >= 15 is 0 Å². The van der Waals surface area contributed by atoms with Gasteiger partial charge in [-0.05, 0) is 28.8 Å². The highest BCUT2D eigenvalue weighted by molar-refractivity contribution is 7.72. The molecule has 0 aromatic heterocycles. The third-order valence-corrected chi connectivity index (χ3v) is 5.46. The number of rotatable bonds is 10. The number of benzene rings is 3. The third kappa shape index (κ3) is 6.23. The summed E-state index contributed by atoms with van der Waals surface area (Å²) in [6.07, 6.45) is -0.854. The predicted octanol–water partition coefficient (Wildman–Crippen LogP) is 4.11. The van der Waals surface area contributed by atoms with Gasteiger partial charge in [0.15, 0.2) is 10.7 Å². The van der Waals surface area contributed by atoms with Crippen LogP contribution in [0, 0.1) is 0 Å². The molecule has 1 N–H and O–H groups in total. The molecule has 0 fully saturated rings. The third-order valence-electron chi connectivity index (χ3n) is 4.59. The number of hydrogen-bond acceptors (Lipinski definition) is 5. The average molecular weight is 446 g/mol. The number of nitrogens with zero attached hydrogens (tertiary/aromatic N) is 1. The van der Waals surface area contributed by atoms with Crippen molar-refractivity contribution in [3.05, 3.63) is 95.6 Å². The normalized spacial score (nSPS) is 12.0. The molecule has 1 unspecified atom stereocenters. The van der Waals surface area contributed by atoms with Gasteiger partial charge in [-0.2, -0.15) is 0 Å². The van der Waals surface area contributed by atoms with E-state index in [0.29, 0.717) is 30.2 Å². The summed E-state index contributed by atoms with van der Waals surface area (Å²) in [6.45, 7) is 0.722. The highest BCUT2D eigenvalue weighted by atomic mass is 35.5. The van der Waals surface area contributed by atoms with Crippen LogP contribution >= 0.6 is 11.6 Å². The quantitative estimate of drug-likeness (QED) is 0.363. The SMILES string of the molecule is O=[SH](=O)CN(Cc1ccccc1)c1cc(C(O)CCl)ccc1OCc1ccccc1. The van der Waals surface area contributed by atoms with Crippen molar-refractivity contribution in [2.75, 3.05) is 16.7 Å². The van der Waals surface area contributed by atoms with E-state index in [-0.39, 0.29) is 11.8 Å². The zero-order valence-electron chi connectivity index (χ0n) is 16.4. The molecule has 3 rings (SSSR count). The molecule has 1 atom stereocenters. The summed E-state index contributed by atoms with van der Waals surface area (Å²) in [4.78, 5) is 1.73. The summed E-state index contributed by atoms with van der Waals surface area (Å²) in [7, 11) is -2.67. The van der Waals surface area contributed by atoms with E-state index in [2.05, 4.69) is 0 Å². The first kappa shape index (κ1) is 22.2. The minimum Gasteiger partial charge on any atom is -0.487 e. The molecule has 0 aliphatic rings. The summed E-state index contributed by atoms with van der Waals surface area (Å²) >= 11 is 5.82. The topological polar surface area (TPSA) is 66.8 Å². The summed E-state index contributed by atoms with van der Waals surface area (Å²) in [5.74, 6) is 0.405.